The lowest BCUT2D eigenvalue weighted by atomic mass is 10.1. The molecule has 44 valence electrons. The maximum Gasteiger partial charge on any atom is 0.0152 e. The Hall–Kier alpha value is 0.690. The first-order valence-electron chi connectivity index (χ1n) is 2.50. The molecule has 7 heavy (non-hydrogen) atoms. The van der Waals surface area contributed by atoms with Gasteiger partial charge in [-0.15, -0.1) is 0 Å². The maximum atomic E-state index is 5.61. The number of hydrogen-bond donors (Lipinski definition) is 1. The Balaban J connectivity index is 3.14. The van der Waals surface area contributed by atoms with E-state index in [9.17, 15) is 0 Å². The number of halogens is 1. The van der Waals surface area contributed by atoms with Crippen LogP contribution in [0.4, 0.5) is 0 Å². The molecule has 1 unspecified atom stereocenters. The normalized spacial score (nSPS) is 15.0. The minimum atomic E-state index is 0.389. The summed E-state index contributed by atoms with van der Waals surface area (Å²) in [6, 6.07) is 0.389. The number of alkyl halides is 1. The number of nitrogens with two attached hydrogens (primary N) is 1. The van der Waals surface area contributed by atoms with Crippen molar-refractivity contribution < 1.29 is 0 Å². The Morgan fingerprint density at radius 1 is 1.57 bits per heavy atom. The second-order valence-corrected chi connectivity index (χ2v) is 2.94. The van der Waals surface area contributed by atoms with E-state index in [4.69, 9.17) is 5.73 Å². The van der Waals surface area contributed by atoms with E-state index in [1.54, 1.807) is 0 Å². The predicted molar refractivity (Wildman–Crippen MR) is 41.7 cm³/mol. The first-order valence-corrected chi connectivity index (χ1v) is 4.02. The van der Waals surface area contributed by atoms with Gasteiger partial charge in [-0.25, -0.2) is 0 Å². The SMILES string of the molecule is CC(C)C(N)CI. The number of hydrogen-bond acceptors (Lipinski definition) is 1. The molecule has 0 saturated carbocycles. The predicted octanol–water partition coefficient (Wildman–Crippen LogP) is 1.40. The summed E-state index contributed by atoms with van der Waals surface area (Å²) in [5.41, 5.74) is 5.61. The average molecular weight is 213 g/mol. The van der Waals surface area contributed by atoms with Gasteiger partial charge in [-0.3, -0.25) is 0 Å². The van der Waals surface area contributed by atoms with Crippen LogP contribution in [0.5, 0.6) is 0 Å². The lowest BCUT2D eigenvalue weighted by Crippen LogP contribution is -2.27. The topological polar surface area (TPSA) is 26.0 Å². The molecule has 0 bridgehead atoms. The van der Waals surface area contributed by atoms with Crippen LogP contribution in [0.15, 0.2) is 0 Å². The van der Waals surface area contributed by atoms with E-state index >= 15 is 0 Å². The summed E-state index contributed by atoms with van der Waals surface area (Å²) in [5, 5.41) is 0. The molecular weight excluding hydrogens is 201 g/mol. The molecule has 0 heterocycles. The van der Waals surface area contributed by atoms with Gasteiger partial charge in [-0.05, 0) is 5.92 Å². The van der Waals surface area contributed by atoms with Gasteiger partial charge in [0.15, 0.2) is 0 Å². The minimum absolute atomic E-state index is 0.389. The van der Waals surface area contributed by atoms with Crippen molar-refractivity contribution in [2.24, 2.45) is 11.7 Å². The smallest absolute Gasteiger partial charge is 0.0152 e. The zero-order valence-corrected chi connectivity index (χ0v) is 6.97. The minimum Gasteiger partial charge on any atom is -0.327 e. The van der Waals surface area contributed by atoms with Gasteiger partial charge in [-0.1, -0.05) is 36.4 Å². The molecular formula is C5H12IN. The third-order valence-electron chi connectivity index (χ3n) is 1.03. The van der Waals surface area contributed by atoms with Crippen molar-refractivity contribution in [1.82, 2.24) is 0 Å². The van der Waals surface area contributed by atoms with E-state index in [1.165, 1.54) is 0 Å². The highest BCUT2D eigenvalue weighted by atomic mass is 127. The molecule has 0 saturated heterocycles. The Labute approximate surface area is 58.8 Å². The molecule has 0 amide bonds. The first kappa shape index (κ1) is 7.69. The maximum absolute atomic E-state index is 5.61. The monoisotopic (exact) mass is 213 g/mol. The van der Waals surface area contributed by atoms with E-state index in [-0.39, 0.29) is 0 Å². The Kier molecular flexibility index (Phi) is 4.02. The van der Waals surface area contributed by atoms with Crippen LogP contribution in [-0.4, -0.2) is 10.5 Å². The standard InChI is InChI=1S/C5H12IN/c1-4(2)5(7)3-6/h4-5H,3,7H2,1-2H3. The molecule has 0 fully saturated rings. The Morgan fingerprint density at radius 2 is 2.00 bits per heavy atom. The molecule has 1 atom stereocenters. The molecule has 0 aliphatic heterocycles. The van der Waals surface area contributed by atoms with Crippen molar-refractivity contribution in [1.29, 1.82) is 0 Å². The Bertz CT molecular complexity index is 45.3. The van der Waals surface area contributed by atoms with Crippen molar-refractivity contribution in [2.75, 3.05) is 4.43 Å². The molecule has 0 aliphatic rings. The molecule has 0 aliphatic carbocycles. The van der Waals surface area contributed by atoms with E-state index in [0.717, 1.165) is 4.43 Å². The van der Waals surface area contributed by atoms with Crippen LogP contribution < -0.4 is 5.73 Å². The molecule has 1 nitrogen and oxygen atoms in total. The molecule has 0 aromatic carbocycles. The fourth-order valence-electron chi connectivity index (χ4n) is 0.178. The van der Waals surface area contributed by atoms with Gasteiger partial charge in [0, 0.05) is 10.5 Å². The summed E-state index contributed by atoms with van der Waals surface area (Å²) in [4.78, 5) is 0. The van der Waals surface area contributed by atoms with Gasteiger partial charge in [0.1, 0.15) is 0 Å². The fourth-order valence-corrected chi connectivity index (χ4v) is 1.20. The zero-order valence-electron chi connectivity index (χ0n) is 4.82. The van der Waals surface area contributed by atoms with Crippen LogP contribution >= 0.6 is 22.6 Å². The van der Waals surface area contributed by atoms with Gasteiger partial charge in [0.05, 0.1) is 0 Å². The molecule has 0 radical (unpaired) electrons. The van der Waals surface area contributed by atoms with Crippen LogP contribution in [-0.2, 0) is 0 Å². The average Bonchev–Trinajstić information content (AvgIpc) is 1.65. The second-order valence-electron chi connectivity index (χ2n) is 2.06. The largest absolute Gasteiger partial charge is 0.327 e. The van der Waals surface area contributed by atoms with Gasteiger partial charge >= 0.3 is 0 Å². The fraction of sp³-hybridized carbons (Fsp3) is 1.00. The summed E-state index contributed by atoms with van der Waals surface area (Å²) >= 11 is 2.30. The van der Waals surface area contributed by atoms with Crippen molar-refractivity contribution in [3.63, 3.8) is 0 Å². The summed E-state index contributed by atoms with van der Waals surface area (Å²) in [6.07, 6.45) is 0. The molecule has 2 N–H and O–H groups in total. The zero-order chi connectivity index (χ0) is 5.86. The molecule has 0 aromatic heterocycles. The van der Waals surface area contributed by atoms with Gasteiger partial charge < -0.3 is 5.73 Å². The molecule has 0 spiro atoms. The van der Waals surface area contributed by atoms with Crippen LogP contribution in [0.2, 0.25) is 0 Å². The summed E-state index contributed by atoms with van der Waals surface area (Å²) in [7, 11) is 0. The van der Waals surface area contributed by atoms with E-state index in [0.29, 0.717) is 12.0 Å². The van der Waals surface area contributed by atoms with Crippen molar-refractivity contribution in [3.8, 4) is 0 Å². The van der Waals surface area contributed by atoms with Crippen molar-refractivity contribution >= 4 is 22.6 Å². The first-order chi connectivity index (χ1) is 3.18. The van der Waals surface area contributed by atoms with Crippen LogP contribution in [0.3, 0.4) is 0 Å². The third kappa shape index (κ3) is 3.29. The summed E-state index contributed by atoms with van der Waals surface area (Å²) in [6.45, 7) is 4.28. The van der Waals surface area contributed by atoms with E-state index < -0.39 is 0 Å². The Morgan fingerprint density at radius 3 is 2.00 bits per heavy atom. The molecule has 0 rings (SSSR count). The highest BCUT2D eigenvalue weighted by molar-refractivity contribution is 14.1. The lowest BCUT2D eigenvalue weighted by molar-refractivity contribution is 0.541. The highest BCUT2D eigenvalue weighted by Crippen LogP contribution is 2.00. The van der Waals surface area contributed by atoms with Gasteiger partial charge in [0.25, 0.3) is 0 Å². The van der Waals surface area contributed by atoms with E-state index in [1.807, 2.05) is 0 Å². The van der Waals surface area contributed by atoms with Crippen molar-refractivity contribution in [3.05, 3.63) is 0 Å². The van der Waals surface area contributed by atoms with Crippen molar-refractivity contribution in [2.45, 2.75) is 19.9 Å². The van der Waals surface area contributed by atoms with E-state index in [2.05, 4.69) is 36.4 Å². The van der Waals surface area contributed by atoms with Crippen LogP contribution in [0.1, 0.15) is 13.8 Å². The molecule has 0 aromatic rings. The van der Waals surface area contributed by atoms with Crippen LogP contribution in [0.25, 0.3) is 0 Å². The lowest BCUT2D eigenvalue weighted by Gasteiger charge is -2.09. The second kappa shape index (κ2) is 3.66. The molecule has 2 heteroatoms. The third-order valence-corrected chi connectivity index (χ3v) is 2.05. The quantitative estimate of drug-likeness (QED) is 0.544. The van der Waals surface area contributed by atoms with Gasteiger partial charge in [0.2, 0.25) is 0 Å². The number of rotatable bonds is 2. The summed E-state index contributed by atoms with van der Waals surface area (Å²) < 4.78 is 1.06. The van der Waals surface area contributed by atoms with Crippen LogP contribution in [0, 0.1) is 5.92 Å². The summed E-state index contributed by atoms with van der Waals surface area (Å²) in [5.74, 6) is 0.636. The van der Waals surface area contributed by atoms with Gasteiger partial charge in [-0.2, -0.15) is 0 Å². The highest BCUT2D eigenvalue weighted by Gasteiger charge is 2.02.